The minimum absolute atomic E-state index is 0.0556. The van der Waals surface area contributed by atoms with Gasteiger partial charge in [0.1, 0.15) is 10.8 Å². The van der Waals surface area contributed by atoms with E-state index in [0.717, 1.165) is 29.2 Å². The molecular weight excluding hydrogens is 346 g/mol. The van der Waals surface area contributed by atoms with Crippen LogP contribution in [0, 0.1) is 6.92 Å². The molecule has 1 fully saturated rings. The van der Waals surface area contributed by atoms with Gasteiger partial charge in [-0.15, -0.1) is 10.2 Å². The molecule has 0 saturated heterocycles. The van der Waals surface area contributed by atoms with Gasteiger partial charge in [-0.2, -0.15) is 0 Å². The van der Waals surface area contributed by atoms with Gasteiger partial charge in [-0.1, -0.05) is 42.2 Å². The van der Waals surface area contributed by atoms with Crippen molar-refractivity contribution in [3.63, 3.8) is 0 Å². The SMILES string of the molecule is Cc1nnc(NC(=O)COc2ccc(Cl)cc2C2CCCCC2)s1. The topological polar surface area (TPSA) is 64.1 Å². The summed E-state index contributed by atoms with van der Waals surface area (Å²) in [6.07, 6.45) is 6.04. The third-order valence-electron chi connectivity index (χ3n) is 4.15. The number of nitrogens with zero attached hydrogens (tertiary/aromatic N) is 2. The molecule has 1 amide bonds. The Morgan fingerprint density at radius 1 is 1.33 bits per heavy atom. The maximum atomic E-state index is 12.0. The molecule has 1 saturated carbocycles. The molecule has 0 spiro atoms. The first-order chi connectivity index (χ1) is 11.6. The fraction of sp³-hybridized carbons (Fsp3) is 0.471. The van der Waals surface area contributed by atoms with Crippen molar-refractivity contribution in [1.29, 1.82) is 0 Å². The predicted octanol–water partition coefficient (Wildman–Crippen LogP) is 4.57. The number of rotatable bonds is 5. The van der Waals surface area contributed by atoms with E-state index in [1.807, 2.05) is 19.1 Å². The van der Waals surface area contributed by atoms with Crippen molar-refractivity contribution >= 4 is 34.0 Å². The third-order valence-corrected chi connectivity index (χ3v) is 5.14. The van der Waals surface area contributed by atoms with Gasteiger partial charge in [-0.05, 0) is 49.4 Å². The number of hydrogen-bond acceptors (Lipinski definition) is 5. The maximum absolute atomic E-state index is 12.0. The molecule has 0 radical (unpaired) electrons. The second-order valence-electron chi connectivity index (χ2n) is 5.98. The Morgan fingerprint density at radius 2 is 2.12 bits per heavy atom. The van der Waals surface area contributed by atoms with Crippen LogP contribution in [0.15, 0.2) is 18.2 Å². The van der Waals surface area contributed by atoms with Gasteiger partial charge in [0, 0.05) is 5.02 Å². The highest BCUT2D eigenvalue weighted by molar-refractivity contribution is 7.15. The van der Waals surface area contributed by atoms with Crippen LogP contribution in [0.3, 0.4) is 0 Å². The van der Waals surface area contributed by atoms with Crippen LogP contribution in [-0.2, 0) is 4.79 Å². The molecule has 2 aromatic rings. The molecule has 1 N–H and O–H groups in total. The van der Waals surface area contributed by atoms with Crippen molar-refractivity contribution in [3.8, 4) is 5.75 Å². The number of benzene rings is 1. The number of halogens is 1. The van der Waals surface area contributed by atoms with Crippen LogP contribution in [0.25, 0.3) is 0 Å². The molecule has 1 aliphatic rings. The number of nitrogens with one attached hydrogen (secondary N) is 1. The summed E-state index contributed by atoms with van der Waals surface area (Å²) >= 11 is 7.50. The number of anilines is 1. The van der Waals surface area contributed by atoms with E-state index < -0.39 is 0 Å². The van der Waals surface area contributed by atoms with Crippen molar-refractivity contribution in [2.45, 2.75) is 44.9 Å². The first kappa shape index (κ1) is 17.2. The van der Waals surface area contributed by atoms with Gasteiger partial charge < -0.3 is 4.74 Å². The van der Waals surface area contributed by atoms with E-state index >= 15 is 0 Å². The van der Waals surface area contributed by atoms with E-state index in [0.29, 0.717) is 16.1 Å². The zero-order valence-corrected chi connectivity index (χ0v) is 15.1. The molecule has 7 heteroatoms. The van der Waals surface area contributed by atoms with Gasteiger partial charge in [0.15, 0.2) is 6.61 Å². The minimum atomic E-state index is -0.240. The van der Waals surface area contributed by atoms with E-state index in [4.69, 9.17) is 16.3 Å². The molecule has 0 atom stereocenters. The molecule has 0 bridgehead atoms. The van der Waals surface area contributed by atoms with Crippen molar-refractivity contribution in [2.75, 3.05) is 11.9 Å². The van der Waals surface area contributed by atoms with Gasteiger partial charge in [-0.3, -0.25) is 10.1 Å². The number of ether oxygens (including phenoxy) is 1. The lowest BCUT2D eigenvalue weighted by molar-refractivity contribution is -0.118. The van der Waals surface area contributed by atoms with Gasteiger partial charge in [0.05, 0.1) is 0 Å². The number of aryl methyl sites for hydroxylation is 1. The molecule has 0 aliphatic heterocycles. The zero-order chi connectivity index (χ0) is 16.9. The molecule has 3 rings (SSSR count). The average molecular weight is 366 g/mol. The smallest absolute Gasteiger partial charge is 0.264 e. The maximum Gasteiger partial charge on any atom is 0.264 e. The third kappa shape index (κ3) is 4.45. The standard InChI is InChI=1S/C17H20ClN3O2S/c1-11-20-21-17(24-11)19-16(22)10-23-15-8-7-13(18)9-14(15)12-5-3-2-4-6-12/h7-9,12H,2-6,10H2,1H3,(H,19,21,22). The normalized spacial score (nSPS) is 15.2. The summed E-state index contributed by atoms with van der Waals surface area (Å²) in [6.45, 7) is 1.79. The summed E-state index contributed by atoms with van der Waals surface area (Å²) in [5.41, 5.74) is 1.11. The summed E-state index contributed by atoms with van der Waals surface area (Å²) < 4.78 is 5.77. The van der Waals surface area contributed by atoms with Gasteiger partial charge in [-0.25, -0.2) is 0 Å². The highest BCUT2D eigenvalue weighted by Gasteiger charge is 2.20. The first-order valence-corrected chi connectivity index (χ1v) is 9.33. The van der Waals surface area contributed by atoms with E-state index in [2.05, 4.69) is 15.5 Å². The Bertz CT molecular complexity index is 714. The Hall–Kier alpha value is -1.66. The highest BCUT2D eigenvalue weighted by atomic mass is 35.5. The molecular formula is C17H20ClN3O2S. The first-order valence-electron chi connectivity index (χ1n) is 8.14. The summed E-state index contributed by atoms with van der Waals surface area (Å²) in [6, 6.07) is 5.63. The lowest BCUT2D eigenvalue weighted by Crippen LogP contribution is -2.20. The number of hydrogen-bond donors (Lipinski definition) is 1. The predicted molar refractivity (Wildman–Crippen MR) is 96.0 cm³/mol. The molecule has 1 aliphatic carbocycles. The second-order valence-corrected chi connectivity index (χ2v) is 7.60. The van der Waals surface area contributed by atoms with Crippen LogP contribution in [0.2, 0.25) is 5.02 Å². The van der Waals surface area contributed by atoms with Gasteiger partial charge in [0.25, 0.3) is 5.91 Å². The quantitative estimate of drug-likeness (QED) is 0.843. The Balaban J connectivity index is 1.64. The number of carbonyl (C=O) groups excluding carboxylic acids is 1. The summed E-state index contributed by atoms with van der Waals surface area (Å²) in [5, 5.41) is 12.5. The van der Waals surface area contributed by atoms with Gasteiger partial charge in [0.2, 0.25) is 5.13 Å². The summed E-state index contributed by atoms with van der Waals surface area (Å²) in [4.78, 5) is 12.0. The zero-order valence-electron chi connectivity index (χ0n) is 13.5. The average Bonchev–Trinajstić information content (AvgIpc) is 2.99. The lowest BCUT2D eigenvalue weighted by Gasteiger charge is -2.24. The number of carbonyl (C=O) groups is 1. The summed E-state index contributed by atoms with van der Waals surface area (Å²) in [5.74, 6) is 0.965. The largest absolute Gasteiger partial charge is 0.483 e. The lowest BCUT2D eigenvalue weighted by atomic mass is 9.84. The van der Waals surface area contributed by atoms with Crippen molar-refractivity contribution in [1.82, 2.24) is 10.2 Å². The molecule has 1 aromatic carbocycles. The Morgan fingerprint density at radius 3 is 2.83 bits per heavy atom. The van der Waals surface area contributed by atoms with Crippen molar-refractivity contribution in [2.24, 2.45) is 0 Å². The number of amides is 1. The molecule has 1 aromatic heterocycles. The Labute approximate surface area is 150 Å². The van der Waals surface area contributed by atoms with Gasteiger partial charge >= 0.3 is 0 Å². The number of aromatic nitrogens is 2. The van der Waals surface area contributed by atoms with Crippen molar-refractivity contribution in [3.05, 3.63) is 33.8 Å². The highest BCUT2D eigenvalue weighted by Crippen LogP contribution is 2.38. The van der Waals surface area contributed by atoms with Crippen LogP contribution in [0.4, 0.5) is 5.13 Å². The summed E-state index contributed by atoms with van der Waals surface area (Å²) in [7, 11) is 0. The fourth-order valence-corrected chi connectivity index (χ4v) is 3.82. The monoisotopic (exact) mass is 365 g/mol. The van der Waals surface area contributed by atoms with Crippen LogP contribution in [-0.4, -0.2) is 22.7 Å². The Kier molecular flexibility index (Phi) is 5.68. The van der Waals surface area contributed by atoms with Crippen LogP contribution < -0.4 is 10.1 Å². The second kappa shape index (κ2) is 7.94. The molecule has 5 nitrogen and oxygen atoms in total. The van der Waals surface area contributed by atoms with Crippen LogP contribution in [0.5, 0.6) is 5.75 Å². The molecule has 0 unspecified atom stereocenters. The van der Waals surface area contributed by atoms with E-state index in [-0.39, 0.29) is 12.5 Å². The van der Waals surface area contributed by atoms with Crippen LogP contribution in [0.1, 0.15) is 48.6 Å². The van der Waals surface area contributed by atoms with E-state index in [1.165, 1.54) is 30.6 Å². The van der Waals surface area contributed by atoms with E-state index in [1.54, 1.807) is 6.07 Å². The molecule has 1 heterocycles. The van der Waals surface area contributed by atoms with Crippen molar-refractivity contribution < 1.29 is 9.53 Å². The van der Waals surface area contributed by atoms with E-state index in [9.17, 15) is 4.79 Å². The molecule has 24 heavy (non-hydrogen) atoms. The van der Waals surface area contributed by atoms with Crippen LogP contribution >= 0.6 is 22.9 Å². The minimum Gasteiger partial charge on any atom is -0.483 e. The molecule has 128 valence electrons. The fourth-order valence-electron chi connectivity index (χ4n) is 3.03.